The number of ether oxygens (including phenoxy) is 2. The Kier molecular flexibility index (Phi) is 4.48. The Bertz CT molecular complexity index is 805. The topological polar surface area (TPSA) is 64.6 Å². The first-order chi connectivity index (χ1) is 11.0. The van der Waals surface area contributed by atoms with E-state index in [4.69, 9.17) is 21.1 Å². The van der Waals surface area contributed by atoms with E-state index in [0.29, 0.717) is 17.2 Å². The number of halogens is 1. The number of fused-ring (bicyclic) bond motifs is 1. The van der Waals surface area contributed by atoms with E-state index >= 15 is 0 Å². The Morgan fingerprint density at radius 2 is 1.96 bits per heavy atom. The van der Waals surface area contributed by atoms with E-state index in [2.05, 4.69) is 4.72 Å². The van der Waals surface area contributed by atoms with Crippen LogP contribution in [0.25, 0.3) is 0 Å². The summed E-state index contributed by atoms with van der Waals surface area (Å²) < 4.78 is 38.3. The van der Waals surface area contributed by atoms with Crippen LogP contribution < -0.4 is 14.2 Å². The standard InChI is InChI=1S/C16H16ClNO4S/c1-21-14-4-7-16-11(9-14)8-13(10-22-16)18-23(19,20)15-5-2-12(17)3-6-15/h2-7,9,13,18H,8,10H2,1H3/t13-/m1/s1. The molecule has 0 saturated heterocycles. The number of benzene rings is 2. The maximum atomic E-state index is 12.4. The monoisotopic (exact) mass is 353 g/mol. The van der Waals surface area contributed by atoms with Crippen molar-refractivity contribution in [3.8, 4) is 11.5 Å². The minimum absolute atomic E-state index is 0.179. The van der Waals surface area contributed by atoms with Crippen LogP contribution in [0.1, 0.15) is 5.56 Å². The first-order valence-corrected chi connectivity index (χ1v) is 8.91. The Labute approximate surface area is 140 Å². The molecule has 3 rings (SSSR count). The number of nitrogens with one attached hydrogen (secondary N) is 1. The van der Waals surface area contributed by atoms with Gasteiger partial charge in [0.25, 0.3) is 0 Å². The first-order valence-electron chi connectivity index (χ1n) is 7.05. The van der Waals surface area contributed by atoms with Gasteiger partial charge in [0.2, 0.25) is 10.0 Å². The Morgan fingerprint density at radius 1 is 1.22 bits per heavy atom. The molecule has 0 fully saturated rings. The Hall–Kier alpha value is -1.76. The molecule has 2 aromatic carbocycles. The predicted octanol–water partition coefficient (Wildman–Crippen LogP) is 2.63. The van der Waals surface area contributed by atoms with Crippen LogP contribution in [0.3, 0.4) is 0 Å². The van der Waals surface area contributed by atoms with Gasteiger partial charge < -0.3 is 9.47 Å². The largest absolute Gasteiger partial charge is 0.497 e. The quantitative estimate of drug-likeness (QED) is 0.917. The van der Waals surface area contributed by atoms with Gasteiger partial charge in [0.1, 0.15) is 18.1 Å². The smallest absolute Gasteiger partial charge is 0.240 e. The van der Waals surface area contributed by atoms with Crippen molar-refractivity contribution >= 4 is 21.6 Å². The van der Waals surface area contributed by atoms with E-state index in [1.54, 1.807) is 19.2 Å². The maximum absolute atomic E-state index is 12.4. The van der Waals surface area contributed by atoms with Crippen molar-refractivity contribution in [2.45, 2.75) is 17.4 Å². The van der Waals surface area contributed by atoms with E-state index in [9.17, 15) is 8.42 Å². The van der Waals surface area contributed by atoms with Crippen LogP contribution in [-0.4, -0.2) is 28.2 Å². The van der Waals surface area contributed by atoms with Gasteiger partial charge in [-0.15, -0.1) is 0 Å². The van der Waals surface area contributed by atoms with E-state index < -0.39 is 10.0 Å². The van der Waals surface area contributed by atoms with Crippen LogP contribution >= 0.6 is 11.6 Å². The molecule has 0 aliphatic carbocycles. The van der Waals surface area contributed by atoms with Gasteiger partial charge in [-0.25, -0.2) is 13.1 Å². The lowest BCUT2D eigenvalue weighted by Crippen LogP contribution is -2.42. The summed E-state index contributed by atoms with van der Waals surface area (Å²) in [5.74, 6) is 1.47. The summed E-state index contributed by atoms with van der Waals surface area (Å²) in [5, 5.41) is 0.492. The van der Waals surface area contributed by atoms with Crippen LogP contribution in [0.2, 0.25) is 5.02 Å². The molecule has 0 spiro atoms. The minimum Gasteiger partial charge on any atom is -0.497 e. The molecule has 0 amide bonds. The van der Waals surface area contributed by atoms with E-state index in [1.807, 2.05) is 18.2 Å². The van der Waals surface area contributed by atoms with Crippen LogP contribution in [0.15, 0.2) is 47.4 Å². The van der Waals surface area contributed by atoms with Gasteiger partial charge in [0.05, 0.1) is 18.0 Å². The molecule has 1 heterocycles. The highest BCUT2D eigenvalue weighted by Crippen LogP contribution is 2.29. The molecule has 0 saturated carbocycles. The summed E-state index contributed by atoms with van der Waals surface area (Å²) in [5.41, 5.74) is 0.916. The molecule has 7 heteroatoms. The zero-order chi connectivity index (χ0) is 16.4. The number of methoxy groups -OCH3 is 1. The summed E-state index contributed by atoms with van der Waals surface area (Å²) in [4.78, 5) is 0.179. The normalized spacial score (nSPS) is 17.2. The average Bonchev–Trinajstić information content (AvgIpc) is 2.54. The van der Waals surface area contributed by atoms with E-state index in [-0.39, 0.29) is 17.5 Å². The summed E-state index contributed by atoms with van der Waals surface area (Å²) >= 11 is 5.79. The molecule has 0 radical (unpaired) electrons. The van der Waals surface area contributed by atoms with E-state index in [1.165, 1.54) is 12.1 Å². The van der Waals surface area contributed by atoms with Crippen molar-refractivity contribution in [3.63, 3.8) is 0 Å². The maximum Gasteiger partial charge on any atom is 0.240 e. The number of sulfonamides is 1. The molecule has 1 N–H and O–H groups in total. The second-order valence-corrected chi connectivity index (χ2v) is 7.41. The lowest BCUT2D eigenvalue weighted by molar-refractivity contribution is 0.253. The van der Waals surface area contributed by atoms with Crippen molar-refractivity contribution in [2.75, 3.05) is 13.7 Å². The number of rotatable bonds is 4. The zero-order valence-electron chi connectivity index (χ0n) is 12.5. The lowest BCUT2D eigenvalue weighted by atomic mass is 10.0. The van der Waals surface area contributed by atoms with Crippen molar-refractivity contribution in [1.29, 1.82) is 0 Å². The summed E-state index contributed by atoms with van der Waals surface area (Å²) in [6.07, 6.45) is 0.541. The fourth-order valence-corrected chi connectivity index (χ4v) is 3.82. The molecular weight excluding hydrogens is 338 g/mol. The van der Waals surface area contributed by atoms with Gasteiger partial charge >= 0.3 is 0 Å². The summed E-state index contributed by atoms with van der Waals surface area (Å²) in [6, 6.07) is 11.2. The van der Waals surface area contributed by atoms with Crippen molar-refractivity contribution in [1.82, 2.24) is 4.72 Å². The van der Waals surface area contributed by atoms with Crippen LogP contribution in [0.5, 0.6) is 11.5 Å². The summed E-state index contributed by atoms with van der Waals surface area (Å²) in [6.45, 7) is 0.284. The lowest BCUT2D eigenvalue weighted by Gasteiger charge is -2.26. The third kappa shape index (κ3) is 3.60. The molecular formula is C16H16ClNO4S. The Morgan fingerprint density at radius 3 is 2.65 bits per heavy atom. The fraction of sp³-hybridized carbons (Fsp3) is 0.250. The fourth-order valence-electron chi connectivity index (χ4n) is 2.47. The van der Waals surface area contributed by atoms with Crippen molar-refractivity contribution < 1.29 is 17.9 Å². The second-order valence-electron chi connectivity index (χ2n) is 5.26. The molecule has 2 aromatic rings. The second kappa shape index (κ2) is 6.39. The van der Waals surface area contributed by atoms with Crippen molar-refractivity contribution in [2.24, 2.45) is 0 Å². The van der Waals surface area contributed by atoms with Crippen molar-refractivity contribution in [3.05, 3.63) is 53.1 Å². The predicted molar refractivity (Wildman–Crippen MR) is 87.8 cm³/mol. The molecule has 5 nitrogen and oxygen atoms in total. The van der Waals surface area contributed by atoms with Gasteiger partial charge in [0.15, 0.2) is 0 Å². The number of hydrogen-bond donors (Lipinski definition) is 1. The van der Waals surface area contributed by atoms with E-state index in [0.717, 1.165) is 11.3 Å². The SMILES string of the molecule is COc1ccc2c(c1)C[C@@H](NS(=O)(=O)c1ccc(Cl)cc1)CO2. The third-order valence-corrected chi connectivity index (χ3v) is 5.41. The molecule has 0 bridgehead atoms. The molecule has 0 unspecified atom stereocenters. The van der Waals surface area contributed by atoms with Gasteiger partial charge in [-0.3, -0.25) is 0 Å². The van der Waals surface area contributed by atoms with Crippen LogP contribution in [0, 0.1) is 0 Å². The Balaban J connectivity index is 1.77. The zero-order valence-corrected chi connectivity index (χ0v) is 14.0. The third-order valence-electron chi connectivity index (χ3n) is 3.62. The first kappa shape index (κ1) is 16.1. The van der Waals surface area contributed by atoms with Gasteiger partial charge in [-0.1, -0.05) is 11.6 Å². The molecule has 0 aromatic heterocycles. The van der Waals surface area contributed by atoms with Crippen LogP contribution in [0.4, 0.5) is 0 Å². The molecule has 23 heavy (non-hydrogen) atoms. The molecule has 122 valence electrons. The number of hydrogen-bond acceptors (Lipinski definition) is 4. The average molecular weight is 354 g/mol. The summed E-state index contributed by atoms with van der Waals surface area (Å²) in [7, 11) is -2.03. The molecule has 1 aliphatic heterocycles. The van der Waals surface area contributed by atoms with Crippen LogP contribution in [-0.2, 0) is 16.4 Å². The van der Waals surface area contributed by atoms with Gasteiger partial charge in [-0.05, 0) is 54.4 Å². The van der Waals surface area contributed by atoms with Gasteiger partial charge in [-0.2, -0.15) is 0 Å². The molecule has 1 atom stereocenters. The highest BCUT2D eigenvalue weighted by molar-refractivity contribution is 7.89. The highest BCUT2D eigenvalue weighted by atomic mass is 35.5. The molecule has 1 aliphatic rings. The highest BCUT2D eigenvalue weighted by Gasteiger charge is 2.25. The minimum atomic E-state index is -3.61. The van der Waals surface area contributed by atoms with Gasteiger partial charge in [0, 0.05) is 5.02 Å².